The molecule has 1 saturated heterocycles. The Morgan fingerprint density at radius 2 is 1.96 bits per heavy atom. The molecule has 4 heterocycles. The van der Waals surface area contributed by atoms with Gasteiger partial charge in [-0.05, 0) is 24.3 Å². The normalized spacial score (nSPS) is 14.6. The summed E-state index contributed by atoms with van der Waals surface area (Å²) in [6.45, 7) is 3.22. The molecule has 0 radical (unpaired) electrons. The Kier molecular flexibility index (Phi) is 4.07. The van der Waals surface area contributed by atoms with Crippen molar-refractivity contribution < 1.29 is 4.74 Å². The van der Waals surface area contributed by atoms with Crippen molar-refractivity contribution in [2.45, 2.75) is 0 Å². The minimum atomic E-state index is 0.741. The van der Waals surface area contributed by atoms with E-state index in [9.17, 15) is 0 Å². The van der Waals surface area contributed by atoms with Crippen molar-refractivity contribution in [2.24, 2.45) is 0 Å². The molecule has 0 aromatic carbocycles. The van der Waals surface area contributed by atoms with Gasteiger partial charge < -0.3 is 19.5 Å². The number of morpholine rings is 1. The number of imidazole rings is 1. The predicted molar refractivity (Wildman–Crippen MR) is 91.9 cm³/mol. The Labute approximate surface area is 140 Å². The van der Waals surface area contributed by atoms with Gasteiger partial charge in [0.1, 0.15) is 23.8 Å². The van der Waals surface area contributed by atoms with Crippen LogP contribution in [0.3, 0.4) is 0 Å². The molecule has 1 aliphatic rings. The summed E-state index contributed by atoms with van der Waals surface area (Å²) < 4.78 is 7.31. The van der Waals surface area contributed by atoms with Crippen LogP contribution in [0.1, 0.15) is 0 Å². The van der Waals surface area contributed by atoms with Crippen LogP contribution >= 0.6 is 0 Å². The summed E-state index contributed by atoms with van der Waals surface area (Å²) in [4.78, 5) is 15.4. The van der Waals surface area contributed by atoms with Crippen molar-refractivity contribution in [1.29, 1.82) is 0 Å². The van der Waals surface area contributed by atoms with E-state index in [0.717, 1.165) is 49.4 Å². The number of nitrogens with one attached hydrogen (secondary N) is 1. The molecule has 0 atom stereocenters. The van der Waals surface area contributed by atoms with E-state index in [1.165, 1.54) is 0 Å². The van der Waals surface area contributed by atoms with Crippen LogP contribution in [-0.4, -0.2) is 45.8 Å². The van der Waals surface area contributed by atoms with E-state index in [4.69, 9.17) is 4.74 Å². The highest BCUT2D eigenvalue weighted by atomic mass is 16.5. The molecule has 3 aromatic heterocycles. The monoisotopic (exact) mass is 322 g/mol. The smallest absolute Gasteiger partial charge is 0.150 e. The number of rotatable bonds is 4. The fourth-order valence-electron chi connectivity index (χ4n) is 2.63. The maximum Gasteiger partial charge on any atom is 0.150 e. The van der Waals surface area contributed by atoms with E-state index in [1.807, 2.05) is 41.1 Å². The number of nitrogens with zero attached hydrogens (tertiary/aromatic N) is 5. The zero-order valence-corrected chi connectivity index (χ0v) is 13.2. The van der Waals surface area contributed by atoms with Gasteiger partial charge >= 0.3 is 0 Å². The summed E-state index contributed by atoms with van der Waals surface area (Å²) in [5.41, 5.74) is 0.966. The Bertz CT molecular complexity index is 798. The van der Waals surface area contributed by atoms with E-state index in [2.05, 4.69) is 25.2 Å². The van der Waals surface area contributed by atoms with Crippen LogP contribution in [0.2, 0.25) is 0 Å². The van der Waals surface area contributed by atoms with Gasteiger partial charge in [0.15, 0.2) is 0 Å². The summed E-state index contributed by atoms with van der Waals surface area (Å²) in [5.74, 6) is 2.47. The number of ether oxygens (including phenoxy) is 1. The van der Waals surface area contributed by atoms with Crippen molar-refractivity contribution in [1.82, 2.24) is 19.5 Å². The zero-order chi connectivity index (χ0) is 16.2. The van der Waals surface area contributed by atoms with Gasteiger partial charge in [0.2, 0.25) is 0 Å². The summed E-state index contributed by atoms with van der Waals surface area (Å²) in [5, 5.41) is 3.25. The van der Waals surface area contributed by atoms with Crippen molar-refractivity contribution in [3.63, 3.8) is 0 Å². The fourth-order valence-corrected chi connectivity index (χ4v) is 2.63. The lowest BCUT2D eigenvalue weighted by Gasteiger charge is -2.27. The molecular weight excluding hydrogens is 304 g/mol. The first-order valence-electron chi connectivity index (χ1n) is 7.90. The molecule has 0 saturated carbocycles. The summed E-state index contributed by atoms with van der Waals surface area (Å²) in [6, 6.07) is 9.83. The quantitative estimate of drug-likeness (QED) is 0.794. The molecule has 7 heteroatoms. The average Bonchev–Trinajstić information content (AvgIpc) is 3.12. The number of hydrogen-bond donors (Lipinski definition) is 1. The first-order chi connectivity index (χ1) is 11.9. The predicted octanol–water partition coefficient (Wildman–Crippen LogP) is 2.24. The Balaban J connectivity index is 1.50. The van der Waals surface area contributed by atoms with Gasteiger partial charge in [-0.1, -0.05) is 6.07 Å². The summed E-state index contributed by atoms with van der Waals surface area (Å²) >= 11 is 0. The Morgan fingerprint density at radius 1 is 1.04 bits per heavy atom. The molecule has 1 aliphatic heterocycles. The first kappa shape index (κ1) is 14.6. The average molecular weight is 322 g/mol. The topological polar surface area (TPSA) is 68.1 Å². The highest BCUT2D eigenvalue weighted by Gasteiger charge is 2.12. The molecule has 24 heavy (non-hydrogen) atoms. The van der Waals surface area contributed by atoms with E-state index in [0.29, 0.717) is 0 Å². The van der Waals surface area contributed by atoms with E-state index < -0.39 is 0 Å². The molecule has 0 bridgehead atoms. The van der Waals surface area contributed by atoms with Crippen LogP contribution < -0.4 is 10.2 Å². The second-order valence-electron chi connectivity index (χ2n) is 5.48. The van der Waals surface area contributed by atoms with Crippen molar-refractivity contribution in [2.75, 3.05) is 36.5 Å². The molecule has 0 spiro atoms. The Morgan fingerprint density at radius 3 is 2.79 bits per heavy atom. The van der Waals surface area contributed by atoms with Crippen LogP contribution in [0.15, 0.2) is 55.2 Å². The highest BCUT2D eigenvalue weighted by Crippen LogP contribution is 2.19. The van der Waals surface area contributed by atoms with Gasteiger partial charge in [0.25, 0.3) is 0 Å². The van der Waals surface area contributed by atoms with E-state index in [1.54, 1.807) is 18.7 Å². The number of aromatic nitrogens is 4. The molecular formula is C17H18N6O. The van der Waals surface area contributed by atoms with Crippen LogP contribution in [-0.2, 0) is 4.74 Å². The van der Waals surface area contributed by atoms with Gasteiger partial charge in [-0.15, -0.1) is 0 Å². The van der Waals surface area contributed by atoms with Crippen molar-refractivity contribution in [3.8, 4) is 5.69 Å². The second kappa shape index (κ2) is 6.67. The van der Waals surface area contributed by atoms with Gasteiger partial charge in [0, 0.05) is 19.3 Å². The summed E-state index contributed by atoms with van der Waals surface area (Å²) in [7, 11) is 0. The molecule has 0 unspecified atom stereocenters. The number of anilines is 3. The SMILES string of the molecule is c1cncc(-n2cnc(Nc3cccc(N4CCOCC4)n3)c2)c1. The third-order valence-electron chi connectivity index (χ3n) is 3.85. The minimum Gasteiger partial charge on any atom is -0.378 e. The summed E-state index contributed by atoms with van der Waals surface area (Å²) in [6.07, 6.45) is 7.22. The first-order valence-corrected chi connectivity index (χ1v) is 7.90. The van der Waals surface area contributed by atoms with Gasteiger partial charge in [-0.3, -0.25) is 4.98 Å². The molecule has 122 valence electrons. The lowest BCUT2D eigenvalue weighted by Crippen LogP contribution is -2.36. The standard InChI is InChI=1S/C17H18N6O/c1-4-15(21-17(5-1)22-7-9-24-10-8-22)20-16-12-23(13-19-16)14-3-2-6-18-11-14/h1-6,11-13H,7-10H2,(H,20,21). The molecule has 0 amide bonds. The third-order valence-corrected chi connectivity index (χ3v) is 3.85. The minimum absolute atomic E-state index is 0.741. The maximum absolute atomic E-state index is 5.39. The van der Waals surface area contributed by atoms with Gasteiger partial charge in [-0.25, -0.2) is 9.97 Å². The van der Waals surface area contributed by atoms with Crippen molar-refractivity contribution >= 4 is 17.5 Å². The largest absolute Gasteiger partial charge is 0.378 e. The molecule has 1 fully saturated rings. The number of pyridine rings is 2. The maximum atomic E-state index is 5.39. The molecule has 0 aliphatic carbocycles. The van der Waals surface area contributed by atoms with Crippen LogP contribution in [0.25, 0.3) is 5.69 Å². The van der Waals surface area contributed by atoms with Crippen LogP contribution in [0.5, 0.6) is 0 Å². The lowest BCUT2D eigenvalue weighted by molar-refractivity contribution is 0.122. The molecule has 7 nitrogen and oxygen atoms in total. The molecule has 3 aromatic rings. The van der Waals surface area contributed by atoms with Gasteiger partial charge in [0.05, 0.1) is 31.3 Å². The molecule has 4 rings (SSSR count). The molecule has 1 N–H and O–H groups in total. The van der Waals surface area contributed by atoms with E-state index >= 15 is 0 Å². The van der Waals surface area contributed by atoms with E-state index in [-0.39, 0.29) is 0 Å². The van der Waals surface area contributed by atoms with Crippen LogP contribution in [0.4, 0.5) is 17.5 Å². The second-order valence-corrected chi connectivity index (χ2v) is 5.48. The fraction of sp³-hybridized carbons (Fsp3) is 0.235. The zero-order valence-electron chi connectivity index (χ0n) is 13.2. The van der Waals surface area contributed by atoms with Crippen molar-refractivity contribution in [3.05, 3.63) is 55.2 Å². The van der Waals surface area contributed by atoms with Crippen LogP contribution in [0, 0.1) is 0 Å². The van der Waals surface area contributed by atoms with Gasteiger partial charge in [-0.2, -0.15) is 0 Å². The Hall–Kier alpha value is -2.93. The lowest BCUT2D eigenvalue weighted by atomic mass is 10.3. The highest BCUT2D eigenvalue weighted by molar-refractivity contribution is 5.55. The number of hydrogen-bond acceptors (Lipinski definition) is 6. The third kappa shape index (κ3) is 3.21.